The second kappa shape index (κ2) is 10.8. The lowest BCUT2D eigenvalue weighted by Gasteiger charge is -2.14. The van der Waals surface area contributed by atoms with Gasteiger partial charge in [-0.25, -0.2) is 14.5 Å². The highest BCUT2D eigenvalue weighted by atomic mass is 16.5. The number of ether oxygens (including phenoxy) is 1. The number of hydrogen-bond donors (Lipinski definition) is 2. The Morgan fingerprint density at radius 2 is 1.79 bits per heavy atom. The summed E-state index contributed by atoms with van der Waals surface area (Å²) in [5, 5.41) is 5.37. The van der Waals surface area contributed by atoms with Crippen LogP contribution in [-0.4, -0.2) is 46.9 Å². The van der Waals surface area contributed by atoms with Crippen LogP contribution in [0.25, 0.3) is 11.8 Å². The number of carbonyl (C=O) groups is 4. The van der Waals surface area contributed by atoms with Gasteiger partial charge >= 0.3 is 12.0 Å². The molecule has 9 heteroatoms. The molecule has 0 bridgehead atoms. The first kappa shape index (κ1) is 26.4. The molecule has 0 radical (unpaired) electrons. The van der Waals surface area contributed by atoms with Crippen molar-refractivity contribution < 1.29 is 23.9 Å². The average Bonchev–Trinajstić information content (AvgIpc) is 3.32. The summed E-state index contributed by atoms with van der Waals surface area (Å²) in [6.45, 7) is 7.32. The summed E-state index contributed by atoms with van der Waals surface area (Å²) in [7, 11) is 1.34. The smallest absolute Gasteiger partial charge is 0.337 e. The molecule has 196 valence electrons. The van der Waals surface area contributed by atoms with Crippen molar-refractivity contribution in [2.24, 2.45) is 0 Å². The van der Waals surface area contributed by atoms with Gasteiger partial charge in [-0.05, 0) is 74.2 Å². The zero-order valence-corrected chi connectivity index (χ0v) is 22.0. The van der Waals surface area contributed by atoms with Gasteiger partial charge < -0.3 is 19.9 Å². The molecule has 4 rings (SSSR count). The Balaban J connectivity index is 1.57. The van der Waals surface area contributed by atoms with Gasteiger partial charge in [-0.2, -0.15) is 0 Å². The Bertz CT molecular complexity index is 1480. The minimum atomic E-state index is -0.657. The molecule has 1 aliphatic rings. The second-order valence-electron chi connectivity index (χ2n) is 9.09. The van der Waals surface area contributed by atoms with E-state index in [1.807, 2.05) is 62.6 Å². The minimum Gasteiger partial charge on any atom is -0.465 e. The SMILES string of the molecule is CCc1ccccc1NC(=O)CN1C(=O)N/C(=C/c2cc(C)n(-c3cc(C(=O)OC)ccc3C)c2C)C1=O. The number of rotatable bonds is 7. The molecule has 1 aromatic heterocycles. The quantitative estimate of drug-likeness (QED) is 0.278. The van der Waals surface area contributed by atoms with Crippen molar-refractivity contribution in [3.05, 3.63) is 87.9 Å². The number of nitrogens with one attached hydrogen (secondary N) is 2. The topological polar surface area (TPSA) is 110 Å². The maximum Gasteiger partial charge on any atom is 0.337 e. The van der Waals surface area contributed by atoms with E-state index in [4.69, 9.17) is 4.74 Å². The fourth-order valence-corrected chi connectivity index (χ4v) is 4.55. The molecular weight excluding hydrogens is 484 g/mol. The molecule has 0 saturated carbocycles. The summed E-state index contributed by atoms with van der Waals surface area (Å²) in [6, 6.07) is 13.9. The Kier molecular flexibility index (Phi) is 7.47. The standard InChI is InChI=1S/C29H30N4O5/c1-6-20-9-7-8-10-23(20)30-26(34)16-32-27(35)24(31-29(32)37)14-22-13-18(3)33(19(22)4)25-15-21(28(36)38-5)12-11-17(25)2/h7-15H,6,16H2,1-5H3,(H,30,34)(H,31,37)/b24-14+. The lowest BCUT2D eigenvalue weighted by atomic mass is 10.1. The van der Waals surface area contributed by atoms with Gasteiger partial charge in [0.2, 0.25) is 5.91 Å². The first-order valence-electron chi connectivity index (χ1n) is 12.2. The predicted octanol–water partition coefficient (Wildman–Crippen LogP) is 4.28. The number of methoxy groups -OCH3 is 1. The summed E-state index contributed by atoms with van der Waals surface area (Å²) < 4.78 is 6.83. The van der Waals surface area contributed by atoms with Crippen LogP contribution in [0.4, 0.5) is 10.5 Å². The number of carbonyl (C=O) groups excluding carboxylic acids is 4. The van der Waals surface area contributed by atoms with Crippen LogP contribution < -0.4 is 10.6 Å². The third-order valence-corrected chi connectivity index (χ3v) is 6.58. The van der Waals surface area contributed by atoms with Crippen LogP contribution in [0, 0.1) is 20.8 Å². The van der Waals surface area contributed by atoms with Crippen molar-refractivity contribution in [3.8, 4) is 5.69 Å². The minimum absolute atomic E-state index is 0.0806. The molecule has 2 heterocycles. The molecule has 0 aliphatic carbocycles. The molecule has 2 N–H and O–H groups in total. The summed E-state index contributed by atoms with van der Waals surface area (Å²) in [5.41, 5.74) is 6.29. The number of benzene rings is 2. The number of hydrogen-bond acceptors (Lipinski definition) is 5. The third kappa shape index (κ3) is 5.08. The van der Waals surface area contributed by atoms with Gasteiger partial charge in [0.15, 0.2) is 0 Å². The van der Waals surface area contributed by atoms with Gasteiger partial charge in [0.1, 0.15) is 12.2 Å². The first-order chi connectivity index (χ1) is 18.1. The normalized spacial score (nSPS) is 14.1. The summed E-state index contributed by atoms with van der Waals surface area (Å²) in [6.07, 6.45) is 2.33. The van der Waals surface area contributed by atoms with Gasteiger partial charge in [0, 0.05) is 22.8 Å². The number of aromatic nitrogens is 1. The molecule has 4 amide bonds. The maximum absolute atomic E-state index is 13.0. The van der Waals surface area contributed by atoms with Crippen molar-refractivity contribution in [1.82, 2.24) is 14.8 Å². The molecule has 3 aromatic rings. The predicted molar refractivity (Wildman–Crippen MR) is 144 cm³/mol. The van der Waals surface area contributed by atoms with E-state index < -0.39 is 30.4 Å². The van der Waals surface area contributed by atoms with E-state index in [0.29, 0.717) is 11.3 Å². The van der Waals surface area contributed by atoms with Gasteiger partial charge in [-0.15, -0.1) is 0 Å². The van der Waals surface area contributed by atoms with Crippen molar-refractivity contribution in [3.63, 3.8) is 0 Å². The molecule has 0 unspecified atom stereocenters. The van der Waals surface area contributed by atoms with Crippen LogP contribution in [0.1, 0.15) is 45.4 Å². The van der Waals surface area contributed by atoms with Crippen LogP contribution in [-0.2, 0) is 20.7 Å². The lowest BCUT2D eigenvalue weighted by Crippen LogP contribution is -2.38. The second-order valence-corrected chi connectivity index (χ2v) is 9.09. The third-order valence-electron chi connectivity index (χ3n) is 6.58. The van der Waals surface area contributed by atoms with Crippen molar-refractivity contribution in [1.29, 1.82) is 0 Å². The molecule has 0 atom stereocenters. The number of aryl methyl sites for hydroxylation is 3. The largest absolute Gasteiger partial charge is 0.465 e. The van der Waals surface area contributed by atoms with Crippen LogP contribution in [0.15, 0.2) is 54.2 Å². The van der Waals surface area contributed by atoms with Crippen molar-refractivity contribution in [2.45, 2.75) is 34.1 Å². The number of esters is 1. The number of imide groups is 1. The highest BCUT2D eigenvalue weighted by Crippen LogP contribution is 2.27. The van der Waals surface area contributed by atoms with E-state index in [1.54, 1.807) is 24.3 Å². The van der Waals surface area contributed by atoms with Crippen LogP contribution in [0.5, 0.6) is 0 Å². The molecule has 1 aliphatic heterocycles. The molecule has 2 aromatic carbocycles. The Morgan fingerprint density at radius 1 is 1.05 bits per heavy atom. The van der Waals surface area contributed by atoms with E-state index in [1.165, 1.54) is 7.11 Å². The van der Waals surface area contributed by atoms with E-state index in [2.05, 4.69) is 10.6 Å². The number of nitrogens with zero attached hydrogens (tertiary/aromatic N) is 2. The monoisotopic (exact) mass is 514 g/mol. The molecule has 1 saturated heterocycles. The van der Waals surface area contributed by atoms with Gasteiger partial charge in [0.25, 0.3) is 5.91 Å². The Labute approximate surface area is 221 Å². The van der Waals surface area contributed by atoms with Crippen LogP contribution in [0.2, 0.25) is 0 Å². The maximum atomic E-state index is 13.0. The fourth-order valence-electron chi connectivity index (χ4n) is 4.55. The highest BCUT2D eigenvalue weighted by Gasteiger charge is 2.35. The number of urea groups is 1. The Morgan fingerprint density at radius 3 is 2.50 bits per heavy atom. The molecule has 1 fully saturated rings. The molecule has 38 heavy (non-hydrogen) atoms. The number of anilines is 1. The number of para-hydroxylation sites is 1. The molecule has 0 spiro atoms. The average molecular weight is 515 g/mol. The zero-order chi connectivity index (χ0) is 27.6. The Hall–Kier alpha value is -4.66. The molecule has 9 nitrogen and oxygen atoms in total. The van der Waals surface area contributed by atoms with E-state index in [-0.39, 0.29) is 5.70 Å². The highest BCUT2D eigenvalue weighted by molar-refractivity contribution is 6.16. The summed E-state index contributed by atoms with van der Waals surface area (Å²) in [4.78, 5) is 51.2. The first-order valence-corrected chi connectivity index (χ1v) is 12.2. The van der Waals surface area contributed by atoms with Crippen molar-refractivity contribution >= 4 is 35.6 Å². The van der Waals surface area contributed by atoms with E-state index >= 15 is 0 Å². The van der Waals surface area contributed by atoms with Gasteiger partial charge in [-0.1, -0.05) is 31.2 Å². The van der Waals surface area contributed by atoms with Crippen LogP contribution in [0.3, 0.4) is 0 Å². The summed E-state index contributed by atoms with van der Waals surface area (Å²) >= 11 is 0. The van der Waals surface area contributed by atoms with Crippen molar-refractivity contribution in [2.75, 3.05) is 19.0 Å². The molecular formula is C29H30N4O5. The van der Waals surface area contributed by atoms with Gasteiger partial charge in [-0.3, -0.25) is 9.59 Å². The zero-order valence-electron chi connectivity index (χ0n) is 22.0. The lowest BCUT2D eigenvalue weighted by molar-refractivity contribution is -0.127. The van der Waals surface area contributed by atoms with Gasteiger partial charge in [0.05, 0.1) is 12.7 Å². The number of amides is 4. The van der Waals surface area contributed by atoms with E-state index in [9.17, 15) is 19.2 Å². The van der Waals surface area contributed by atoms with Crippen LogP contribution >= 0.6 is 0 Å². The summed E-state index contributed by atoms with van der Waals surface area (Å²) in [5.74, 6) is -1.48. The fraction of sp³-hybridized carbons (Fsp3) is 0.241. The van der Waals surface area contributed by atoms with E-state index in [0.717, 1.165) is 45.1 Å².